The fourth-order valence-electron chi connectivity index (χ4n) is 2.77. The number of hydrogen-bond donors (Lipinski definition) is 2. The van der Waals surface area contributed by atoms with Gasteiger partial charge in [0.05, 0.1) is 6.10 Å². The van der Waals surface area contributed by atoms with Crippen LogP contribution in [0.4, 0.5) is 5.69 Å². The lowest BCUT2D eigenvalue weighted by Crippen LogP contribution is -2.24. The molecule has 1 aliphatic rings. The van der Waals surface area contributed by atoms with E-state index in [2.05, 4.69) is 42.4 Å². The van der Waals surface area contributed by atoms with Crippen LogP contribution in [0.1, 0.15) is 44.2 Å². The van der Waals surface area contributed by atoms with E-state index in [-0.39, 0.29) is 0 Å². The third-order valence-electron chi connectivity index (χ3n) is 4.01. The Labute approximate surface area is 127 Å². The van der Waals surface area contributed by atoms with Crippen molar-refractivity contribution in [3.05, 3.63) is 29.3 Å². The number of aliphatic imine (C=N–C) groups is 1. The third-order valence-corrected chi connectivity index (χ3v) is 4.01. The molecule has 4 heteroatoms. The molecule has 1 atom stereocenters. The van der Waals surface area contributed by atoms with Crippen molar-refractivity contribution in [3.63, 3.8) is 0 Å². The summed E-state index contributed by atoms with van der Waals surface area (Å²) in [6.45, 7) is 5.93. The van der Waals surface area contributed by atoms with Crippen molar-refractivity contribution < 1.29 is 4.74 Å². The molecule has 0 saturated carbocycles. The van der Waals surface area contributed by atoms with Gasteiger partial charge in [0.2, 0.25) is 0 Å². The van der Waals surface area contributed by atoms with Crippen molar-refractivity contribution in [1.82, 2.24) is 0 Å². The summed E-state index contributed by atoms with van der Waals surface area (Å²) in [6.07, 6.45) is 5.63. The highest BCUT2D eigenvalue weighted by molar-refractivity contribution is 5.93. The Morgan fingerprint density at radius 2 is 2.05 bits per heavy atom. The summed E-state index contributed by atoms with van der Waals surface area (Å²) in [5, 5.41) is 3.29. The Morgan fingerprint density at radius 1 is 1.33 bits per heavy atom. The fraction of sp³-hybridized carbons (Fsp3) is 0.588. The lowest BCUT2D eigenvalue weighted by Gasteiger charge is -2.15. The lowest BCUT2D eigenvalue weighted by molar-refractivity contribution is 0.106. The van der Waals surface area contributed by atoms with Crippen molar-refractivity contribution in [2.24, 2.45) is 10.7 Å². The van der Waals surface area contributed by atoms with Crippen LogP contribution in [0.15, 0.2) is 23.2 Å². The molecule has 116 valence electrons. The van der Waals surface area contributed by atoms with Gasteiger partial charge in [0.25, 0.3) is 0 Å². The van der Waals surface area contributed by atoms with E-state index in [1.807, 2.05) is 0 Å². The van der Waals surface area contributed by atoms with Crippen molar-refractivity contribution in [3.8, 4) is 0 Å². The Kier molecular flexibility index (Phi) is 6.05. The number of aryl methyl sites for hydroxylation is 2. The zero-order valence-corrected chi connectivity index (χ0v) is 13.2. The number of rotatable bonds is 6. The molecule has 0 amide bonds. The van der Waals surface area contributed by atoms with Crippen LogP contribution in [0, 0.1) is 0 Å². The minimum Gasteiger partial charge on any atom is -0.378 e. The Balaban J connectivity index is 1.96. The highest BCUT2D eigenvalue weighted by Crippen LogP contribution is 2.22. The molecule has 1 fully saturated rings. The van der Waals surface area contributed by atoms with Crippen molar-refractivity contribution in [2.75, 3.05) is 18.5 Å². The van der Waals surface area contributed by atoms with Crippen LogP contribution >= 0.6 is 0 Å². The van der Waals surface area contributed by atoms with Crippen LogP contribution in [-0.2, 0) is 17.6 Å². The summed E-state index contributed by atoms with van der Waals surface area (Å²) in [5.41, 5.74) is 9.73. The number of para-hydroxylation sites is 1. The third kappa shape index (κ3) is 4.46. The minimum absolute atomic E-state index is 0.371. The van der Waals surface area contributed by atoms with Gasteiger partial charge >= 0.3 is 0 Å². The molecule has 1 heterocycles. The molecule has 2 rings (SSSR count). The zero-order chi connectivity index (χ0) is 15.1. The second kappa shape index (κ2) is 8.03. The molecule has 0 aliphatic carbocycles. The molecule has 21 heavy (non-hydrogen) atoms. The molecular formula is C17H27N3O. The van der Waals surface area contributed by atoms with Gasteiger partial charge < -0.3 is 15.8 Å². The maximum Gasteiger partial charge on any atom is 0.193 e. The summed E-state index contributed by atoms with van der Waals surface area (Å²) in [7, 11) is 0. The molecule has 1 aliphatic heterocycles. The maximum absolute atomic E-state index is 6.04. The molecule has 1 aromatic carbocycles. The predicted molar refractivity (Wildman–Crippen MR) is 88.9 cm³/mol. The van der Waals surface area contributed by atoms with E-state index in [1.165, 1.54) is 17.5 Å². The standard InChI is InChI=1S/C17H27N3O/c1-3-13-7-5-8-14(4-2)16(13)20-17(18)19-11-10-15-9-6-12-21-15/h5,7-8,15H,3-4,6,9-12H2,1-2H3,(H3,18,19,20). The first kappa shape index (κ1) is 15.8. The highest BCUT2D eigenvalue weighted by atomic mass is 16.5. The number of benzene rings is 1. The number of nitrogens with two attached hydrogens (primary N) is 1. The van der Waals surface area contributed by atoms with Gasteiger partial charge in [0, 0.05) is 18.8 Å². The molecule has 4 nitrogen and oxygen atoms in total. The Bertz CT molecular complexity index is 457. The second-order valence-corrected chi connectivity index (χ2v) is 5.47. The second-order valence-electron chi connectivity index (χ2n) is 5.47. The number of guanidine groups is 1. The van der Waals surface area contributed by atoms with Crippen LogP contribution in [0.25, 0.3) is 0 Å². The number of nitrogens with zero attached hydrogens (tertiary/aromatic N) is 1. The van der Waals surface area contributed by atoms with E-state index in [0.717, 1.165) is 44.5 Å². The van der Waals surface area contributed by atoms with E-state index < -0.39 is 0 Å². The molecule has 1 aromatic rings. The smallest absolute Gasteiger partial charge is 0.193 e. The lowest BCUT2D eigenvalue weighted by atomic mass is 10.0. The van der Waals surface area contributed by atoms with Gasteiger partial charge in [-0.15, -0.1) is 0 Å². The van der Waals surface area contributed by atoms with Crippen LogP contribution in [0.5, 0.6) is 0 Å². The SMILES string of the molecule is CCc1cccc(CC)c1NC(N)=NCCC1CCCO1. The van der Waals surface area contributed by atoms with Crippen LogP contribution in [0.3, 0.4) is 0 Å². The van der Waals surface area contributed by atoms with Crippen molar-refractivity contribution in [2.45, 2.75) is 52.1 Å². The Morgan fingerprint density at radius 3 is 2.62 bits per heavy atom. The number of anilines is 1. The molecule has 1 saturated heterocycles. The molecular weight excluding hydrogens is 262 g/mol. The zero-order valence-electron chi connectivity index (χ0n) is 13.2. The quantitative estimate of drug-likeness (QED) is 0.625. The average Bonchev–Trinajstić information content (AvgIpc) is 3.00. The van der Waals surface area contributed by atoms with Crippen molar-refractivity contribution in [1.29, 1.82) is 0 Å². The number of nitrogens with one attached hydrogen (secondary N) is 1. The van der Waals surface area contributed by atoms with Crippen LogP contribution < -0.4 is 11.1 Å². The normalized spacial score (nSPS) is 19.0. The van der Waals surface area contributed by atoms with Gasteiger partial charge in [0.1, 0.15) is 0 Å². The van der Waals surface area contributed by atoms with Gasteiger partial charge in [0.15, 0.2) is 5.96 Å². The van der Waals surface area contributed by atoms with Gasteiger partial charge in [-0.05, 0) is 43.2 Å². The Hall–Kier alpha value is -1.55. The van der Waals surface area contributed by atoms with E-state index in [0.29, 0.717) is 12.1 Å². The largest absolute Gasteiger partial charge is 0.378 e. The van der Waals surface area contributed by atoms with Crippen LogP contribution in [0.2, 0.25) is 0 Å². The average molecular weight is 289 g/mol. The highest BCUT2D eigenvalue weighted by Gasteiger charge is 2.14. The minimum atomic E-state index is 0.371. The van der Waals surface area contributed by atoms with Crippen LogP contribution in [-0.4, -0.2) is 25.2 Å². The van der Waals surface area contributed by atoms with E-state index in [1.54, 1.807) is 0 Å². The van der Waals surface area contributed by atoms with E-state index in [9.17, 15) is 0 Å². The van der Waals surface area contributed by atoms with Gasteiger partial charge in [-0.25, -0.2) is 0 Å². The molecule has 0 spiro atoms. The summed E-state index contributed by atoms with van der Waals surface area (Å²) >= 11 is 0. The summed E-state index contributed by atoms with van der Waals surface area (Å²) in [5.74, 6) is 0.503. The molecule has 0 radical (unpaired) electrons. The molecule has 3 N–H and O–H groups in total. The number of hydrogen-bond acceptors (Lipinski definition) is 2. The van der Waals surface area contributed by atoms with Gasteiger partial charge in [-0.2, -0.15) is 0 Å². The first-order valence-corrected chi connectivity index (χ1v) is 8.03. The summed E-state index contributed by atoms with van der Waals surface area (Å²) < 4.78 is 5.60. The fourth-order valence-corrected chi connectivity index (χ4v) is 2.77. The monoisotopic (exact) mass is 289 g/mol. The van der Waals surface area contributed by atoms with E-state index >= 15 is 0 Å². The van der Waals surface area contributed by atoms with E-state index in [4.69, 9.17) is 10.5 Å². The number of ether oxygens (including phenoxy) is 1. The summed E-state index contributed by atoms with van der Waals surface area (Å²) in [6, 6.07) is 6.38. The maximum atomic E-state index is 6.04. The first-order valence-electron chi connectivity index (χ1n) is 8.03. The molecule has 1 unspecified atom stereocenters. The van der Waals surface area contributed by atoms with Gasteiger partial charge in [-0.1, -0.05) is 32.0 Å². The molecule has 0 aromatic heterocycles. The first-order chi connectivity index (χ1) is 10.2. The topological polar surface area (TPSA) is 59.6 Å². The molecule has 0 bridgehead atoms. The summed E-state index contributed by atoms with van der Waals surface area (Å²) in [4.78, 5) is 4.44. The van der Waals surface area contributed by atoms with Gasteiger partial charge in [-0.3, -0.25) is 4.99 Å². The predicted octanol–water partition coefficient (Wildman–Crippen LogP) is 3.11. The van der Waals surface area contributed by atoms with Crippen molar-refractivity contribution >= 4 is 11.6 Å².